The van der Waals surface area contributed by atoms with Crippen LogP contribution in [0.2, 0.25) is 0 Å². The Morgan fingerprint density at radius 3 is 1.20 bits per heavy atom. The second-order valence-corrected chi connectivity index (χ2v) is 13.6. The lowest BCUT2D eigenvalue weighted by Gasteiger charge is -2.29. The Hall–Kier alpha value is -4.98. The average molecular weight is 621 g/mol. The molecule has 2 amide bonds. The summed E-state index contributed by atoms with van der Waals surface area (Å²) in [5, 5.41) is 2.96. The van der Waals surface area contributed by atoms with Gasteiger partial charge in [0.2, 0.25) is 0 Å². The lowest BCUT2D eigenvalue weighted by Crippen LogP contribution is -2.40. The molecule has 8 nitrogen and oxygen atoms in total. The molecule has 8 bridgehead atoms. The van der Waals surface area contributed by atoms with E-state index in [2.05, 4.69) is 35.1 Å². The van der Waals surface area contributed by atoms with Gasteiger partial charge in [0, 0.05) is 0 Å². The summed E-state index contributed by atoms with van der Waals surface area (Å²) in [5.74, 6) is 0. The fraction of sp³-hybridized carbons (Fsp3) is 0.316. The SMILES string of the molecule is CC(C)(C)OC(=O)N1Nc2cccc(c2)CCc2cccc(c2)N(C(=O)OC(C)(C)C)Nc2cccc(c2)CCc2cccc1c2. The van der Waals surface area contributed by atoms with E-state index < -0.39 is 23.4 Å². The molecule has 0 aliphatic carbocycles. The molecule has 8 heteroatoms. The van der Waals surface area contributed by atoms with Gasteiger partial charge in [-0.05, 0) is 138 Å². The highest BCUT2D eigenvalue weighted by molar-refractivity contribution is 5.91. The maximum atomic E-state index is 13.5. The number of hydrogen-bond donors (Lipinski definition) is 2. The smallest absolute Gasteiger partial charge is 0.433 e. The van der Waals surface area contributed by atoms with Crippen LogP contribution in [-0.4, -0.2) is 23.4 Å². The van der Waals surface area contributed by atoms with Crippen molar-refractivity contribution in [3.63, 3.8) is 0 Å². The van der Waals surface area contributed by atoms with Gasteiger partial charge in [-0.3, -0.25) is 10.9 Å². The number of carbonyl (C=O) groups excluding carboxylic acids is 2. The number of nitrogens with zero attached hydrogens (tertiary/aromatic N) is 2. The number of nitrogens with one attached hydrogen (secondary N) is 2. The summed E-state index contributed by atoms with van der Waals surface area (Å²) in [4.78, 5) is 26.9. The van der Waals surface area contributed by atoms with Crippen LogP contribution in [0.5, 0.6) is 0 Å². The molecule has 1 aliphatic rings. The number of fused-ring (bicyclic) bond motifs is 8. The Morgan fingerprint density at radius 2 is 0.848 bits per heavy atom. The molecule has 4 aromatic carbocycles. The van der Waals surface area contributed by atoms with Crippen LogP contribution in [-0.2, 0) is 35.2 Å². The highest BCUT2D eigenvalue weighted by Crippen LogP contribution is 2.26. The minimum Gasteiger partial charge on any atom is -0.442 e. The number of benzene rings is 4. The highest BCUT2D eigenvalue weighted by atomic mass is 16.6. The van der Waals surface area contributed by atoms with E-state index in [0.29, 0.717) is 11.4 Å². The first kappa shape index (κ1) is 32.4. The van der Waals surface area contributed by atoms with E-state index in [9.17, 15) is 9.59 Å². The highest BCUT2D eigenvalue weighted by Gasteiger charge is 2.26. The van der Waals surface area contributed by atoms with Crippen LogP contribution in [0.25, 0.3) is 0 Å². The Bertz CT molecular complexity index is 1560. The molecule has 1 heterocycles. The molecule has 240 valence electrons. The van der Waals surface area contributed by atoms with Gasteiger partial charge in [-0.25, -0.2) is 9.59 Å². The standard InChI is InChI=1S/C38H44N4O4/c1-37(2,3)45-35(43)41-33-17-9-13-29(25-33)21-19-28-12-8-16-32(24-28)40-42(36(44)46-38(4,5)6)34-18-10-14-30(26-34)22-20-27-11-7-15-31(23-27)39-41/h7-18,23-26,39-40H,19-22H2,1-6H3. The summed E-state index contributed by atoms with van der Waals surface area (Å²) >= 11 is 0. The van der Waals surface area contributed by atoms with E-state index in [4.69, 9.17) is 9.47 Å². The zero-order valence-corrected chi connectivity index (χ0v) is 27.6. The molecular weight excluding hydrogens is 576 g/mol. The van der Waals surface area contributed by atoms with Gasteiger partial charge < -0.3 is 9.47 Å². The molecule has 4 aromatic rings. The van der Waals surface area contributed by atoms with Crippen molar-refractivity contribution in [2.45, 2.75) is 78.4 Å². The molecule has 0 saturated heterocycles. The maximum absolute atomic E-state index is 13.5. The number of carbonyl (C=O) groups is 2. The lowest BCUT2D eigenvalue weighted by molar-refractivity contribution is 0.0578. The fourth-order valence-corrected chi connectivity index (χ4v) is 5.18. The first-order chi connectivity index (χ1) is 21.8. The molecule has 2 N–H and O–H groups in total. The van der Waals surface area contributed by atoms with Crippen LogP contribution in [0.15, 0.2) is 97.1 Å². The third-order valence-corrected chi connectivity index (χ3v) is 7.23. The molecule has 0 radical (unpaired) electrons. The van der Waals surface area contributed by atoms with E-state index in [0.717, 1.165) is 59.3 Å². The Balaban J connectivity index is 1.54. The molecule has 0 spiro atoms. The number of aryl methyl sites for hydroxylation is 4. The normalized spacial score (nSPS) is 14.0. The van der Waals surface area contributed by atoms with Gasteiger partial charge in [-0.15, -0.1) is 0 Å². The van der Waals surface area contributed by atoms with Gasteiger partial charge >= 0.3 is 12.2 Å². The van der Waals surface area contributed by atoms with Crippen LogP contribution in [0, 0.1) is 0 Å². The molecule has 46 heavy (non-hydrogen) atoms. The topological polar surface area (TPSA) is 83.1 Å². The molecule has 0 atom stereocenters. The van der Waals surface area contributed by atoms with Gasteiger partial charge in [0.25, 0.3) is 0 Å². The summed E-state index contributed by atoms with van der Waals surface area (Å²) < 4.78 is 11.6. The van der Waals surface area contributed by atoms with E-state index in [1.54, 1.807) is 0 Å². The third kappa shape index (κ3) is 9.03. The minimum absolute atomic E-state index is 0.484. The number of ether oxygens (including phenoxy) is 2. The first-order valence-corrected chi connectivity index (χ1v) is 15.8. The van der Waals surface area contributed by atoms with Gasteiger partial charge in [-0.1, -0.05) is 48.5 Å². The predicted molar refractivity (Wildman–Crippen MR) is 185 cm³/mol. The minimum atomic E-state index is -0.659. The summed E-state index contributed by atoms with van der Waals surface area (Å²) in [5.41, 5.74) is 12.6. The van der Waals surface area contributed by atoms with Crippen molar-refractivity contribution in [1.82, 2.24) is 0 Å². The number of anilines is 4. The molecule has 0 fully saturated rings. The van der Waals surface area contributed by atoms with Gasteiger partial charge in [0.15, 0.2) is 0 Å². The lowest BCUT2D eigenvalue weighted by atomic mass is 10.0. The van der Waals surface area contributed by atoms with Crippen LogP contribution in [0.1, 0.15) is 63.8 Å². The van der Waals surface area contributed by atoms with E-state index in [-0.39, 0.29) is 0 Å². The summed E-state index contributed by atoms with van der Waals surface area (Å²) in [6.07, 6.45) is 2.02. The quantitative estimate of drug-likeness (QED) is 0.204. The molecular formula is C38H44N4O4. The van der Waals surface area contributed by atoms with Crippen molar-refractivity contribution in [2.75, 3.05) is 20.9 Å². The van der Waals surface area contributed by atoms with Crippen LogP contribution < -0.4 is 20.9 Å². The Labute approximate surface area is 272 Å². The molecule has 0 aromatic heterocycles. The number of rotatable bonds is 0. The van der Waals surface area contributed by atoms with Crippen LogP contribution >= 0.6 is 0 Å². The van der Waals surface area contributed by atoms with Crippen molar-refractivity contribution in [2.24, 2.45) is 0 Å². The second kappa shape index (κ2) is 13.6. The van der Waals surface area contributed by atoms with Crippen molar-refractivity contribution in [3.05, 3.63) is 119 Å². The maximum Gasteiger partial charge on any atom is 0.433 e. The second-order valence-electron chi connectivity index (χ2n) is 13.6. The summed E-state index contributed by atoms with van der Waals surface area (Å²) in [6.45, 7) is 11.2. The Morgan fingerprint density at radius 1 is 0.522 bits per heavy atom. The van der Waals surface area contributed by atoms with Crippen molar-refractivity contribution >= 4 is 34.9 Å². The van der Waals surface area contributed by atoms with Gasteiger partial charge in [0.1, 0.15) is 11.2 Å². The van der Waals surface area contributed by atoms with E-state index in [1.807, 2.05) is 114 Å². The van der Waals surface area contributed by atoms with Crippen LogP contribution in [0.4, 0.5) is 32.3 Å². The third-order valence-electron chi connectivity index (χ3n) is 7.23. The van der Waals surface area contributed by atoms with Crippen LogP contribution in [0.3, 0.4) is 0 Å². The molecule has 0 unspecified atom stereocenters. The monoisotopic (exact) mass is 620 g/mol. The number of amides is 2. The number of hydrogen-bond acceptors (Lipinski definition) is 6. The number of hydrazine groups is 2. The Kier molecular flexibility index (Phi) is 9.56. The largest absolute Gasteiger partial charge is 0.442 e. The molecule has 0 saturated carbocycles. The fourth-order valence-electron chi connectivity index (χ4n) is 5.18. The van der Waals surface area contributed by atoms with E-state index in [1.165, 1.54) is 10.0 Å². The molecule has 5 rings (SSSR count). The summed E-state index contributed by atoms with van der Waals surface area (Å²) in [6, 6.07) is 31.9. The van der Waals surface area contributed by atoms with Crippen molar-refractivity contribution in [3.8, 4) is 0 Å². The van der Waals surface area contributed by atoms with Crippen molar-refractivity contribution < 1.29 is 19.1 Å². The van der Waals surface area contributed by atoms with Gasteiger partial charge in [0.05, 0.1) is 22.7 Å². The summed E-state index contributed by atoms with van der Waals surface area (Å²) in [7, 11) is 0. The zero-order chi connectivity index (χ0) is 32.9. The first-order valence-electron chi connectivity index (χ1n) is 15.8. The van der Waals surface area contributed by atoms with Crippen molar-refractivity contribution in [1.29, 1.82) is 0 Å². The average Bonchev–Trinajstić information content (AvgIpc) is 2.99. The van der Waals surface area contributed by atoms with Gasteiger partial charge in [-0.2, -0.15) is 10.0 Å². The zero-order valence-electron chi connectivity index (χ0n) is 27.6. The predicted octanol–water partition coefficient (Wildman–Crippen LogP) is 9.11. The molecule has 1 aliphatic heterocycles. The van der Waals surface area contributed by atoms with E-state index >= 15 is 0 Å².